The number of pyridine rings is 1. The van der Waals surface area contributed by atoms with Crippen LogP contribution in [0.1, 0.15) is 15.9 Å². The number of rotatable bonds is 2. The molecule has 5 nitrogen and oxygen atoms in total. The quantitative estimate of drug-likeness (QED) is 0.905. The SMILES string of the molecule is O=C1c2cc(Br)cnc2OCCN1Cc1ccc(O)cc1. The van der Waals surface area contributed by atoms with E-state index in [9.17, 15) is 9.90 Å². The molecule has 1 N–H and O–H groups in total. The minimum Gasteiger partial charge on any atom is -0.508 e. The van der Waals surface area contributed by atoms with Crippen molar-refractivity contribution >= 4 is 21.8 Å². The Morgan fingerprint density at radius 2 is 2.10 bits per heavy atom. The number of benzene rings is 1. The van der Waals surface area contributed by atoms with E-state index < -0.39 is 0 Å². The van der Waals surface area contributed by atoms with Crippen LogP contribution in [0.25, 0.3) is 0 Å². The highest BCUT2D eigenvalue weighted by molar-refractivity contribution is 9.10. The molecule has 1 aliphatic rings. The van der Waals surface area contributed by atoms with Crippen molar-refractivity contribution in [1.82, 2.24) is 9.88 Å². The molecule has 3 rings (SSSR count). The van der Waals surface area contributed by atoms with Crippen molar-refractivity contribution in [3.05, 3.63) is 52.1 Å². The van der Waals surface area contributed by atoms with Gasteiger partial charge in [0.15, 0.2) is 0 Å². The van der Waals surface area contributed by atoms with Crippen molar-refractivity contribution < 1.29 is 14.6 Å². The van der Waals surface area contributed by atoms with E-state index in [4.69, 9.17) is 4.74 Å². The van der Waals surface area contributed by atoms with E-state index in [-0.39, 0.29) is 11.7 Å². The van der Waals surface area contributed by atoms with Crippen molar-refractivity contribution in [3.63, 3.8) is 0 Å². The molecule has 0 saturated carbocycles. The number of ether oxygens (including phenoxy) is 1. The first kappa shape index (κ1) is 13.9. The number of hydrogen-bond donors (Lipinski definition) is 1. The number of fused-ring (bicyclic) bond motifs is 1. The number of carbonyl (C=O) groups excluding carboxylic acids is 1. The van der Waals surface area contributed by atoms with Gasteiger partial charge in [-0.15, -0.1) is 0 Å². The molecule has 1 aromatic carbocycles. The second-order valence-corrected chi connectivity index (χ2v) is 5.66. The number of aromatic hydroxyl groups is 1. The molecule has 6 heteroatoms. The Balaban J connectivity index is 1.86. The summed E-state index contributed by atoms with van der Waals surface area (Å²) in [4.78, 5) is 18.4. The van der Waals surface area contributed by atoms with Crippen LogP contribution >= 0.6 is 15.9 Å². The van der Waals surface area contributed by atoms with Gasteiger partial charge in [0.05, 0.1) is 6.54 Å². The summed E-state index contributed by atoms with van der Waals surface area (Å²) < 4.78 is 6.27. The summed E-state index contributed by atoms with van der Waals surface area (Å²) in [5, 5.41) is 9.31. The lowest BCUT2D eigenvalue weighted by molar-refractivity contribution is 0.0743. The van der Waals surface area contributed by atoms with Crippen LogP contribution in [0.15, 0.2) is 41.0 Å². The third-order valence-corrected chi connectivity index (χ3v) is 3.68. The zero-order valence-corrected chi connectivity index (χ0v) is 12.7. The average molecular weight is 349 g/mol. The molecule has 0 unspecified atom stereocenters. The Kier molecular flexibility index (Phi) is 3.79. The van der Waals surface area contributed by atoms with Crippen molar-refractivity contribution in [2.24, 2.45) is 0 Å². The molecule has 0 spiro atoms. The van der Waals surface area contributed by atoms with Crippen LogP contribution < -0.4 is 4.74 Å². The maximum Gasteiger partial charge on any atom is 0.259 e. The van der Waals surface area contributed by atoms with Gasteiger partial charge in [-0.2, -0.15) is 0 Å². The second kappa shape index (κ2) is 5.73. The van der Waals surface area contributed by atoms with Gasteiger partial charge in [-0.3, -0.25) is 4.79 Å². The van der Waals surface area contributed by atoms with Crippen molar-refractivity contribution in [3.8, 4) is 11.6 Å². The monoisotopic (exact) mass is 348 g/mol. The van der Waals surface area contributed by atoms with E-state index in [1.54, 1.807) is 41.4 Å². The summed E-state index contributed by atoms with van der Waals surface area (Å²) in [7, 11) is 0. The third kappa shape index (κ3) is 3.00. The van der Waals surface area contributed by atoms with Gasteiger partial charge < -0.3 is 14.7 Å². The highest BCUT2D eigenvalue weighted by Crippen LogP contribution is 2.24. The minimum atomic E-state index is -0.107. The van der Waals surface area contributed by atoms with E-state index in [2.05, 4.69) is 20.9 Å². The molecule has 2 aromatic rings. The normalized spacial score (nSPS) is 14.3. The summed E-state index contributed by atoms with van der Waals surface area (Å²) in [6, 6.07) is 8.54. The maximum atomic E-state index is 12.6. The van der Waals surface area contributed by atoms with Crippen LogP contribution in [0.5, 0.6) is 11.6 Å². The van der Waals surface area contributed by atoms with E-state index in [1.807, 2.05) is 0 Å². The van der Waals surface area contributed by atoms with E-state index in [0.29, 0.717) is 31.1 Å². The number of carbonyl (C=O) groups is 1. The van der Waals surface area contributed by atoms with Crippen LogP contribution in [0.4, 0.5) is 0 Å². The first-order chi connectivity index (χ1) is 10.1. The van der Waals surface area contributed by atoms with Gasteiger partial charge in [-0.1, -0.05) is 12.1 Å². The van der Waals surface area contributed by atoms with Gasteiger partial charge in [0, 0.05) is 17.2 Å². The molecule has 0 radical (unpaired) electrons. The average Bonchev–Trinajstić information content (AvgIpc) is 2.62. The molecule has 0 aliphatic carbocycles. The fourth-order valence-electron chi connectivity index (χ4n) is 2.19. The number of phenols is 1. The molecule has 1 aliphatic heterocycles. The zero-order valence-electron chi connectivity index (χ0n) is 11.1. The lowest BCUT2D eigenvalue weighted by atomic mass is 10.2. The smallest absolute Gasteiger partial charge is 0.259 e. The largest absolute Gasteiger partial charge is 0.508 e. The first-order valence-electron chi connectivity index (χ1n) is 6.49. The summed E-state index contributed by atoms with van der Waals surface area (Å²) in [5.74, 6) is 0.475. The van der Waals surface area contributed by atoms with Crippen LogP contribution in [-0.2, 0) is 6.54 Å². The Morgan fingerprint density at radius 3 is 2.86 bits per heavy atom. The molecule has 1 amide bonds. The van der Waals surface area contributed by atoms with Crippen LogP contribution in [0, 0.1) is 0 Å². The number of amides is 1. The number of aromatic nitrogens is 1. The molecule has 21 heavy (non-hydrogen) atoms. The Labute approximate surface area is 130 Å². The fourth-order valence-corrected chi connectivity index (χ4v) is 2.52. The number of nitrogens with zero attached hydrogens (tertiary/aromatic N) is 2. The van der Waals surface area contributed by atoms with Crippen molar-refractivity contribution in [2.75, 3.05) is 13.2 Å². The summed E-state index contributed by atoms with van der Waals surface area (Å²) in [6.45, 7) is 1.37. The fraction of sp³-hybridized carbons (Fsp3) is 0.200. The summed E-state index contributed by atoms with van der Waals surface area (Å²) >= 11 is 3.32. The van der Waals surface area contributed by atoms with Gasteiger partial charge in [0.2, 0.25) is 5.88 Å². The van der Waals surface area contributed by atoms with E-state index in [0.717, 1.165) is 10.0 Å². The number of phenolic OH excluding ortho intramolecular Hbond substituents is 1. The summed E-state index contributed by atoms with van der Waals surface area (Å²) in [6.07, 6.45) is 1.61. The van der Waals surface area contributed by atoms with Crippen LogP contribution in [0.3, 0.4) is 0 Å². The van der Waals surface area contributed by atoms with Gasteiger partial charge in [0.1, 0.15) is 17.9 Å². The van der Waals surface area contributed by atoms with Crippen LogP contribution in [-0.4, -0.2) is 34.0 Å². The highest BCUT2D eigenvalue weighted by atomic mass is 79.9. The van der Waals surface area contributed by atoms with Gasteiger partial charge in [0.25, 0.3) is 5.91 Å². The lowest BCUT2D eigenvalue weighted by Gasteiger charge is -2.19. The predicted octanol–water partition coefficient (Wildman–Crippen LogP) is 2.58. The van der Waals surface area contributed by atoms with Gasteiger partial charge in [-0.05, 0) is 39.7 Å². The molecule has 2 heterocycles. The molecule has 0 saturated heterocycles. The molecular formula is C15H13BrN2O3. The maximum absolute atomic E-state index is 12.6. The van der Waals surface area contributed by atoms with Gasteiger partial charge >= 0.3 is 0 Å². The van der Waals surface area contributed by atoms with Crippen LogP contribution in [0.2, 0.25) is 0 Å². The molecule has 108 valence electrons. The number of halogens is 1. The minimum absolute atomic E-state index is 0.107. The molecule has 0 atom stereocenters. The zero-order chi connectivity index (χ0) is 14.8. The Morgan fingerprint density at radius 1 is 1.33 bits per heavy atom. The predicted molar refractivity (Wildman–Crippen MR) is 80.3 cm³/mol. The second-order valence-electron chi connectivity index (χ2n) is 4.75. The van der Waals surface area contributed by atoms with E-state index >= 15 is 0 Å². The van der Waals surface area contributed by atoms with E-state index in [1.165, 1.54) is 0 Å². The lowest BCUT2D eigenvalue weighted by Crippen LogP contribution is -2.31. The van der Waals surface area contributed by atoms with Crippen molar-refractivity contribution in [2.45, 2.75) is 6.54 Å². The summed E-state index contributed by atoms with van der Waals surface area (Å²) in [5.41, 5.74) is 1.41. The molecular weight excluding hydrogens is 336 g/mol. The highest BCUT2D eigenvalue weighted by Gasteiger charge is 2.24. The van der Waals surface area contributed by atoms with Crippen molar-refractivity contribution in [1.29, 1.82) is 0 Å². The molecule has 1 aromatic heterocycles. The molecule has 0 bridgehead atoms. The van der Waals surface area contributed by atoms with Gasteiger partial charge in [-0.25, -0.2) is 4.98 Å². The first-order valence-corrected chi connectivity index (χ1v) is 7.28. The third-order valence-electron chi connectivity index (χ3n) is 3.25. The molecule has 0 fully saturated rings. The number of hydrogen-bond acceptors (Lipinski definition) is 4. The standard InChI is InChI=1S/C15H13BrN2O3/c16-11-7-13-14(17-8-11)21-6-5-18(15(13)20)9-10-1-3-12(19)4-2-10/h1-4,7-8,19H,5-6,9H2. The Hall–Kier alpha value is -2.08. The Bertz CT molecular complexity index is 673. The topological polar surface area (TPSA) is 62.7 Å².